The molecule has 0 unspecified atom stereocenters. The zero-order valence-electron chi connectivity index (χ0n) is 19.0. The maximum absolute atomic E-state index is 13.0. The van der Waals surface area contributed by atoms with E-state index in [0.29, 0.717) is 33.0 Å². The van der Waals surface area contributed by atoms with Crippen molar-refractivity contribution in [3.8, 4) is 5.82 Å². The van der Waals surface area contributed by atoms with Crippen LogP contribution in [0.3, 0.4) is 0 Å². The van der Waals surface area contributed by atoms with E-state index >= 15 is 0 Å². The minimum absolute atomic E-state index is 0.0295. The lowest BCUT2D eigenvalue weighted by molar-refractivity contribution is 0.0992. The summed E-state index contributed by atoms with van der Waals surface area (Å²) < 4.78 is 6.85. The third-order valence-electron chi connectivity index (χ3n) is 6.09. The van der Waals surface area contributed by atoms with Crippen molar-refractivity contribution in [1.82, 2.24) is 19.7 Å². The highest BCUT2D eigenvalue weighted by Crippen LogP contribution is 2.26. The molecule has 1 fully saturated rings. The van der Waals surface area contributed by atoms with Crippen molar-refractivity contribution >= 4 is 34.8 Å². The molecule has 1 aliphatic heterocycles. The summed E-state index contributed by atoms with van der Waals surface area (Å²) in [5.74, 6) is 2.02. The molecule has 0 bridgehead atoms. The number of carbonyl (C=O) groups excluding carboxylic acids is 1. The average Bonchev–Trinajstić information content (AvgIpc) is 3.16. The first-order valence-electron chi connectivity index (χ1n) is 11.0. The van der Waals surface area contributed by atoms with Gasteiger partial charge in [-0.3, -0.25) is 4.79 Å². The monoisotopic (exact) mass is 487 g/mol. The van der Waals surface area contributed by atoms with Crippen molar-refractivity contribution < 1.29 is 9.53 Å². The lowest BCUT2D eigenvalue weighted by Crippen LogP contribution is -2.36. The number of nitrogens with zero attached hydrogens (tertiary/aromatic N) is 5. The molecule has 33 heavy (non-hydrogen) atoms. The van der Waals surface area contributed by atoms with E-state index in [2.05, 4.69) is 28.0 Å². The van der Waals surface area contributed by atoms with Crippen LogP contribution in [-0.4, -0.2) is 52.3 Å². The van der Waals surface area contributed by atoms with Crippen LogP contribution in [0.4, 0.5) is 5.82 Å². The number of hydrogen-bond donors (Lipinski definition) is 0. The van der Waals surface area contributed by atoms with Crippen molar-refractivity contribution in [3.05, 3.63) is 63.2 Å². The van der Waals surface area contributed by atoms with Crippen LogP contribution >= 0.6 is 23.2 Å². The molecule has 0 aromatic carbocycles. The Balaban J connectivity index is 1.46. The van der Waals surface area contributed by atoms with Crippen LogP contribution in [0, 0.1) is 19.8 Å². The van der Waals surface area contributed by atoms with Gasteiger partial charge in [0.2, 0.25) is 0 Å². The molecular weight excluding hydrogens is 461 g/mol. The fourth-order valence-electron chi connectivity index (χ4n) is 4.34. The van der Waals surface area contributed by atoms with Crippen LogP contribution in [-0.2, 0) is 11.2 Å². The van der Waals surface area contributed by atoms with Crippen molar-refractivity contribution in [2.24, 2.45) is 5.92 Å². The predicted molar refractivity (Wildman–Crippen MR) is 130 cm³/mol. The second-order valence-corrected chi connectivity index (χ2v) is 9.33. The van der Waals surface area contributed by atoms with E-state index in [0.717, 1.165) is 49.5 Å². The molecule has 4 heterocycles. The van der Waals surface area contributed by atoms with Gasteiger partial charge in [-0.25, -0.2) is 14.6 Å². The van der Waals surface area contributed by atoms with Crippen LogP contribution in [0.2, 0.25) is 10.0 Å². The van der Waals surface area contributed by atoms with Crippen LogP contribution in [0.15, 0.2) is 30.7 Å². The Morgan fingerprint density at radius 1 is 1.09 bits per heavy atom. The molecule has 0 aliphatic carbocycles. The zero-order chi connectivity index (χ0) is 23.5. The number of aromatic nitrogens is 4. The molecule has 0 radical (unpaired) electrons. The van der Waals surface area contributed by atoms with Crippen molar-refractivity contribution in [2.75, 3.05) is 31.7 Å². The quantitative estimate of drug-likeness (QED) is 0.442. The molecule has 0 atom stereocenters. The first kappa shape index (κ1) is 23.7. The summed E-state index contributed by atoms with van der Waals surface area (Å²) in [5.41, 5.74) is 3.17. The van der Waals surface area contributed by atoms with Gasteiger partial charge in [-0.15, -0.1) is 0 Å². The van der Waals surface area contributed by atoms with Gasteiger partial charge in [-0.2, -0.15) is 5.10 Å². The fraction of sp³-hybridized carbons (Fsp3) is 0.417. The molecule has 7 nitrogen and oxygen atoms in total. The largest absolute Gasteiger partial charge is 0.384 e. The molecule has 3 aromatic rings. The lowest BCUT2D eigenvalue weighted by Gasteiger charge is -2.33. The number of halogens is 2. The normalized spacial score (nSPS) is 14.6. The minimum atomic E-state index is -0.0295. The van der Waals surface area contributed by atoms with E-state index in [1.165, 1.54) is 6.20 Å². The second kappa shape index (κ2) is 10.2. The third-order valence-corrected chi connectivity index (χ3v) is 6.57. The van der Waals surface area contributed by atoms with Gasteiger partial charge in [0.1, 0.15) is 5.82 Å². The average molecular weight is 488 g/mol. The molecule has 0 N–H and O–H groups in total. The summed E-state index contributed by atoms with van der Waals surface area (Å²) in [4.78, 5) is 24.3. The van der Waals surface area contributed by atoms with Gasteiger partial charge in [-0.05, 0) is 49.8 Å². The Morgan fingerprint density at radius 2 is 1.82 bits per heavy atom. The Labute approximate surface area is 203 Å². The topological polar surface area (TPSA) is 73.1 Å². The van der Waals surface area contributed by atoms with Crippen LogP contribution in [0.1, 0.15) is 40.0 Å². The van der Waals surface area contributed by atoms with Gasteiger partial charge in [0.25, 0.3) is 0 Å². The van der Waals surface area contributed by atoms with Gasteiger partial charge in [-0.1, -0.05) is 29.3 Å². The summed E-state index contributed by atoms with van der Waals surface area (Å²) in [6.07, 6.45) is 7.32. The molecular formula is C24H27Cl2N5O2. The van der Waals surface area contributed by atoms with Gasteiger partial charge in [0, 0.05) is 45.6 Å². The van der Waals surface area contributed by atoms with Crippen LogP contribution in [0.5, 0.6) is 0 Å². The number of pyridine rings is 2. The molecule has 1 saturated heterocycles. The third kappa shape index (κ3) is 5.21. The maximum Gasteiger partial charge on any atom is 0.172 e. The Bertz CT molecular complexity index is 1160. The molecule has 174 valence electrons. The van der Waals surface area contributed by atoms with Gasteiger partial charge in [0.05, 0.1) is 27.5 Å². The number of rotatable bonds is 7. The van der Waals surface area contributed by atoms with Gasteiger partial charge >= 0.3 is 0 Å². The summed E-state index contributed by atoms with van der Waals surface area (Å²) in [6.45, 7) is 6.64. The van der Waals surface area contributed by atoms with E-state index in [-0.39, 0.29) is 12.2 Å². The predicted octanol–water partition coefficient (Wildman–Crippen LogP) is 4.87. The number of piperidine rings is 1. The van der Waals surface area contributed by atoms with Crippen molar-refractivity contribution in [2.45, 2.75) is 33.1 Å². The van der Waals surface area contributed by atoms with Crippen LogP contribution in [0.25, 0.3) is 5.82 Å². The van der Waals surface area contributed by atoms with E-state index in [9.17, 15) is 4.79 Å². The first-order valence-corrected chi connectivity index (χ1v) is 11.7. The number of hydrogen-bond acceptors (Lipinski definition) is 6. The number of aryl methyl sites for hydroxylation is 1. The fourth-order valence-corrected chi connectivity index (χ4v) is 4.80. The van der Waals surface area contributed by atoms with E-state index in [1.54, 1.807) is 30.3 Å². The van der Waals surface area contributed by atoms with E-state index < -0.39 is 0 Å². The standard InChI is InChI=1S/C24H27Cl2N5O2/c1-15-8-18(11-27-23(15)30-6-4-17(5-7-30)14-33-3)9-22(32)20-13-29-31(16(20)2)24-21(26)10-19(25)12-28-24/h8,10-13,17H,4-7,9,14H2,1-3H3. The van der Waals surface area contributed by atoms with Crippen molar-refractivity contribution in [3.63, 3.8) is 0 Å². The highest BCUT2D eigenvalue weighted by molar-refractivity contribution is 6.35. The minimum Gasteiger partial charge on any atom is -0.384 e. The Hall–Kier alpha value is -2.48. The SMILES string of the molecule is COCC1CCN(c2ncc(CC(=O)c3cnn(-c4ncc(Cl)cc4Cl)c3C)cc2C)CC1. The molecule has 0 spiro atoms. The number of carbonyl (C=O) groups is 1. The number of methoxy groups -OCH3 is 1. The van der Waals surface area contributed by atoms with Gasteiger partial charge < -0.3 is 9.64 Å². The second-order valence-electron chi connectivity index (χ2n) is 8.48. The van der Waals surface area contributed by atoms with E-state index in [1.807, 2.05) is 6.92 Å². The maximum atomic E-state index is 13.0. The number of ether oxygens (including phenoxy) is 1. The zero-order valence-corrected chi connectivity index (χ0v) is 20.5. The molecule has 1 aliphatic rings. The molecule has 0 amide bonds. The Kier molecular flexibility index (Phi) is 7.32. The number of anilines is 1. The molecule has 9 heteroatoms. The summed E-state index contributed by atoms with van der Waals surface area (Å²) in [7, 11) is 1.76. The molecule has 4 rings (SSSR count). The van der Waals surface area contributed by atoms with E-state index in [4.69, 9.17) is 32.9 Å². The molecule has 3 aromatic heterocycles. The lowest BCUT2D eigenvalue weighted by atomic mass is 9.97. The number of Topliss-reactive ketones (excluding diaryl/α,β-unsaturated/α-hetero) is 1. The summed E-state index contributed by atoms with van der Waals surface area (Å²) in [5, 5.41) is 5.14. The van der Waals surface area contributed by atoms with Crippen molar-refractivity contribution in [1.29, 1.82) is 0 Å². The van der Waals surface area contributed by atoms with Gasteiger partial charge in [0.15, 0.2) is 11.6 Å². The molecule has 0 saturated carbocycles. The number of ketones is 1. The first-order chi connectivity index (χ1) is 15.9. The summed E-state index contributed by atoms with van der Waals surface area (Å²) >= 11 is 12.2. The highest BCUT2D eigenvalue weighted by atomic mass is 35.5. The van der Waals surface area contributed by atoms with Crippen LogP contribution < -0.4 is 4.90 Å². The summed E-state index contributed by atoms with van der Waals surface area (Å²) in [6, 6.07) is 3.66. The highest BCUT2D eigenvalue weighted by Gasteiger charge is 2.22. The Morgan fingerprint density at radius 3 is 2.48 bits per heavy atom. The smallest absolute Gasteiger partial charge is 0.172 e.